The first-order valence-electron chi connectivity index (χ1n) is 8.12. The molecule has 0 radical (unpaired) electrons. The number of carbonyl (C=O) groups is 1. The van der Waals surface area contributed by atoms with Crippen molar-refractivity contribution in [3.8, 4) is 0 Å². The van der Waals surface area contributed by atoms with Gasteiger partial charge in [-0.15, -0.1) is 0 Å². The summed E-state index contributed by atoms with van der Waals surface area (Å²) in [5.41, 5.74) is 0. The second-order valence-electron chi connectivity index (χ2n) is 6.47. The van der Waals surface area contributed by atoms with Crippen molar-refractivity contribution >= 4 is 15.7 Å². The minimum atomic E-state index is -3.29. The lowest BCUT2D eigenvalue weighted by molar-refractivity contribution is -0.133. The van der Waals surface area contributed by atoms with Crippen molar-refractivity contribution in [1.82, 2.24) is 4.90 Å². The minimum Gasteiger partial charge on any atom is -0.393 e. The molecule has 0 spiro atoms. The van der Waals surface area contributed by atoms with Crippen molar-refractivity contribution < 1.29 is 18.3 Å². The van der Waals surface area contributed by atoms with E-state index in [-0.39, 0.29) is 17.7 Å². The Morgan fingerprint density at radius 1 is 1.19 bits per heavy atom. The summed E-state index contributed by atoms with van der Waals surface area (Å²) in [6.07, 6.45) is 5.91. The molecule has 122 valence electrons. The van der Waals surface area contributed by atoms with E-state index >= 15 is 0 Å². The van der Waals surface area contributed by atoms with Crippen LogP contribution >= 0.6 is 0 Å². The molecule has 2 aliphatic heterocycles. The molecule has 2 saturated heterocycles. The largest absolute Gasteiger partial charge is 0.393 e. The number of aliphatic hydroxyl groups excluding tert-OH is 1. The van der Waals surface area contributed by atoms with Crippen molar-refractivity contribution in [2.45, 2.75) is 75.7 Å². The molecular weight excluding hydrogens is 290 g/mol. The zero-order valence-electron chi connectivity index (χ0n) is 12.8. The maximum absolute atomic E-state index is 12.8. The van der Waals surface area contributed by atoms with Gasteiger partial charge in [-0.05, 0) is 39.0 Å². The van der Waals surface area contributed by atoms with Crippen molar-refractivity contribution in [3.05, 3.63) is 0 Å². The van der Waals surface area contributed by atoms with Crippen LogP contribution in [0.2, 0.25) is 0 Å². The number of hydrogen-bond acceptors (Lipinski definition) is 4. The molecule has 0 aromatic rings. The van der Waals surface area contributed by atoms with Crippen LogP contribution in [0.15, 0.2) is 0 Å². The Kier molecular flexibility index (Phi) is 5.66. The number of rotatable bonds is 3. The lowest BCUT2D eigenvalue weighted by Gasteiger charge is -2.34. The molecular formula is C15H27NO4S. The Balaban J connectivity index is 2.16. The molecule has 5 nitrogen and oxygen atoms in total. The first-order valence-corrected chi connectivity index (χ1v) is 9.83. The average molecular weight is 317 g/mol. The second-order valence-corrected chi connectivity index (χ2v) is 8.77. The van der Waals surface area contributed by atoms with Crippen molar-refractivity contribution in [1.29, 1.82) is 0 Å². The number of hydrogen-bond donors (Lipinski definition) is 1. The highest BCUT2D eigenvalue weighted by molar-refractivity contribution is 7.92. The number of amides is 1. The Morgan fingerprint density at radius 2 is 1.90 bits per heavy atom. The van der Waals surface area contributed by atoms with E-state index in [9.17, 15) is 18.3 Å². The topological polar surface area (TPSA) is 74.7 Å². The normalized spacial score (nSPS) is 31.4. The SMILES string of the molecule is CC(O)CC1CCCCCN1C(=O)C1CCCCS1(=O)=O. The molecule has 0 aromatic carbocycles. The van der Waals surface area contributed by atoms with Crippen LogP contribution in [0.4, 0.5) is 0 Å². The van der Waals surface area contributed by atoms with Gasteiger partial charge in [0, 0.05) is 12.6 Å². The number of nitrogens with zero attached hydrogens (tertiary/aromatic N) is 1. The summed E-state index contributed by atoms with van der Waals surface area (Å²) in [5.74, 6) is -0.0829. The molecule has 3 unspecified atom stereocenters. The maximum Gasteiger partial charge on any atom is 0.241 e. The molecule has 2 heterocycles. The van der Waals surface area contributed by atoms with E-state index in [1.807, 2.05) is 0 Å². The third-order valence-corrected chi connectivity index (χ3v) is 6.79. The molecule has 6 heteroatoms. The highest BCUT2D eigenvalue weighted by atomic mass is 32.2. The highest BCUT2D eigenvalue weighted by Crippen LogP contribution is 2.26. The van der Waals surface area contributed by atoms with Crippen molar-refractivity contribution in [3.63, 3.8) is 0 Å². The molecule has 21 heavy (non-hydrogen) atoms. The van der Waals surface area contributed by atoms with Gasteiger partial charge < -0.3 is 10.0 Å². The smallest absolute Gasteiger partial charge is 0.241 e. The van der Waals surface area contributed by atoms with Crippen LogP contribution in [0.5, 0.6) is 0 Å². The van der Waals surface area contributed by atoms with E-state index in [2.05, 4.69) is 0 Å². The summed E-state index contributed by atoms with van der Waals surface area (Å²) >= 11 is 0. The predicted molar refractivity (Wildman–Crippen MR) is 81.7 cm³/mol. The molecule has 1 N–H and O–H groups in total. The Labute approximate surface area is 127 Å². The van der Waals surface area contributed by atoms with Crippen LogP contribution in [0, 0.1) is 0 Å². The number of likely N-dealkylation sites (tertiary alicyclic amines) is 1. The molecule has 0 aromatic heterocycles. The van der Waals surface area contributed by atoms with E-state index in [4.69, 9.17) is 0 Å². The van der Waals surface area contributed by atoms with Gasteiger partial charge >= 0.3 is 0 Å². The first-order chi connectivity index (χ1) is 9.92. The highest BCUT2D eigenvalue weighted by Gasteiger charge is 2.39. The second kappa shape index (κ2) is 7.09. The Bertz CT molecular complexity index is 460. The fraction of sp³-hybridized carbons (Fsp3) is 0.933. The third kappa shape index (κ3) is 4.19. The fourth-order valence-electron chi connectivity index (χ4n) is 3.52. The van der Waals surface area contributed by atoms with Crippen LogP contribution in [0.3, 0.4) is 0 Å². The van der Waals surface area contributed by atoms with Gasteiger partial charge in [0.25, 0.3) is 0 Å². The van der Waals surface area contributed by atoms with E-state index in [0.717, 1.165) is 32.1 Å². The maximum atomic E-state index is 12.8. The Hall–Kier alpha value is -0.620. The summed E-state index contributed by atoms with van der Waals surface area (Å²) in [7, 11) is -3.29. The van der Waals surface area contributed by atoms with E-state index in [1.165, 1.54) is 0 Å². The van der Waals surface area contributed by atoms with Crippen LogP contribution in [0.25, 0.3) is 0 Å². The zero-order chi connectivity index (χ0) is 15.5. The predicted octanol–water partition coefficient (Wildman–Crippen LogP) is 1.50. The standard InChI is InChI=1S/C15H27NO4S/c1-12(17)11-13-7-3-2-5-9-16(13)15(18)14-8-4-6-10-21(14,19)20/h12-14,17H,2-11H2,1H3. The van der Waals surface area contributed by atoms with Gasteiger partial charge in [-0.1, -0.05) is 19.3 Å². The van der Waals surface area contributed by atoms with Crippen LogP contribution in [-0.2, 0) is 14.6 Å². The monoisotopic (exact) mass is 317 g/mol. The molecule has 0 aliphatic carbocycles. The van der Waals surface area contributed by atoms with Gasteiger partial charge in [0.15, 0.2) is 9.84 Å². The Morgan fingerprint density at radius 3 is 2.57 bits per heavy atom. The summed E-state index contributed by atoms with van der Waals surface area (Å²) in [5, 5.41) is 8.81. The number of aliphatic hydroxyl groups is 1. The summed E-state index contributed by atoms with van der Waals surface area (Å²) in [4.78, 5) is 14.5. The summed E-state index contributed by atoms with van der Waals surface area (Å²) in [6.45, 7) is 2.35. The van der Waals surface area contributed by atoms with Crippen molar-refractivity contribution in [2.75, 3.05) is 12.3 Å². The molecule has 0 saturated carbocycles. The molecule has 3 atom stereocenters. The molecule has 1 amide bonds. The average Bonchev–Trinajstić information content (AvgIpc) is 2.62. The van der Waals surface area contributed by atoms with Gasteiger partial charge in [-0.3, -0.25) is 4.79 Å². The first kappa shape index (κ1) is 16.7. The molecule has 2 aliphatic rings. The third-order valence-electron chi connectivity index (χ3n) is 4.63. The zero-order valence-corrected chi connectivity index (χ0v) is 13.6. The van der Waals surface area contributed by atoms with E-state index < -0.39 is 21.2 Å². The van der Waals surface area contributed by atoms with Gasteiger partial charge in [0.2, 0.25) is 5.91 Å². The quantitative estimate of drug-likeness (QED) is 0.856. The molecule has 2 rings (SSSR count). The van der Waals surface area contributed by atoms with Gasteiger partial charge in [-0.2, -0.15) is 0 Å². The summed E-state index contributed by atoms with van der Waals surface area (Å²) in [6, 6.07) is -0.0165. The number of carbonyl (C=O) groups excluding carboxylic acids is 1. The summed E-state index contributed by atoms with van der Waals surface area (Å²) < 4.78 is 24.4. The fourth-order valence-corrected chi connectivity index (χ4v) is 5.38. The molecule has 2 fully saturated rings. The van der Waals surface area contributed by atoms with E-state index in [0.29, 0.717) is 25.8 Å². The van der Waals surface area contributed by atoms with Gasteiger partial charge in [0.1, 0.15) is 5.25 Å². The van der Waals surface area contributed by atoms with Gasteiger partial charge in [-0.25, -0.2) is 8.42 Å². The van der Waals surface area contributed by atoms with Crippen LogP contribution in [0.1, 0.15) is 58.3 Å². The molecule has 0 bridgehead atoms. The number of sulfone groups is 1. The van der Waals surface area contributed by atoms with Crippen LogP contribution < -0.4 is 0 Å². The van der Waals surface area contributed by atoms with Crippen LogP contribution in [-0.4, -0.2) is 54.0 Å². The van der Waals surface area contributed by atoms with E-state index in [1.54, 1.807) is 11.8 Å². The van der Waals surface area contributed by atoms with Crippen molar-refractivity contribution in [2.24, 2.45) is 0 Å². The van der Waals surface area contributed by atoms with Gasteiger partial charge in [0.05, 0.1) is 11.9 Å². The lowest BCUT2D eigenvalue weighted by atomic mass is 10.0. The minimum absolute atomic E-state index is 0.0165. The lowest BCUT2D eigenvalue weighted by Crippen LogP contribution is -2.50.